The third-order valence-electron chi connectivity index (χ3n) is 2.38. The first-order valence-corrected chi connectivity index (χ1v) is 24.4. The fourth-order valence-electron chi connectivity index (χ4n) is 1.43. The molecule has 0 aliphatic rings. The highest BCUT2D eigenvalue weighted by molar-refractivity contribution is 7.70. The molecule has 0 amide bonds. The van der Waals surface area contributed by atoms with Gasteiger partial charge in [0.25, 0.3) is 0 Å². The van der Waals surface area contributed by atoms with Crippen molar-refractivity contribution in [2.75, 3.05) is 36.7 Å². The zero-order valence-corrected chi connectivity index (χ0v) is 28.7. The van der Waals surface area contributed by atoms with Gasteiger partial charge in [-0.05, 0) is 25.9 Å². The lowest BCUT2D eigenvalue weighted by molar-refractivity contribution is 0.352. The van der Waals surface area contributed by atoms with Gasteiger partial charge in [-0.15, -0.1) is 0 Å². The van der Waals surface area contributed by atoms with Gasteiger partial charge in [0.1, 0.15) is 0 Å². The fourth-order valence-corrected chi connectivity index (χ4v) is 9.10. The van der Waals surface area contributed by atoms with Crippen LogP contribution < -0.4 is 11.5 Å². The summed E-state index contributed by atoms with van der Waals surface area (Å²) in [6.07, 6.45) is 3.43. The van der Waals surface area contributed by atoms with Gasteiger partial charge in [-0.3, -0.25) is 36.5 Å². The maximum Gasteiger partial charge on any atom is 0.337 e. The minimum Gasteiger partial charge on any atom is -0.330 e. The molecule has 0 heterocycles. The molecule has 0 rings (SSSR count). The Labute approximate surface area is 243 Å². The second-order valence-corrected chi connectivity index (χ2v) is 22.7. The van der Waals surface area contributed by atoms with Crippen LogP contribution >= 0.6 is 60.8 Å². The molecule has 0 bridgehead atoms. The van der Waals surface area contributed by atoms with Gasteiger partial charge in [-0.25, -0.2) is 0 Å². The van der Waals surface area contributed by atoms with E-state index in [4.69, 9.17) is 89.8 Å². The van der Waals surface area contributed by atoms with Gasteiger partial charge >= 0.3 is 60.8 Å². The van der Waals surface area contributed by atoms with Crippen LogP contribution in [0, 0.1) is 0 Å². The van der Waals surface area contributed by atoms with Gasteiger partial charge in [0.2, 0.25) is 0 Å². The second kappa shape index (κ2) is 22.6. The number of hydrogen-bond acceptors (Lipinski definition) is 10. The van der Waals surface area contributed by atoms with Gasteiger partial charge in [0, 0.05) is 0 Å². The molecule has 0 saturated heterocycles. The van der Waals surface area contributed by atoms with Crippen molar-refractivity contribution in [2.45, 2.75) is 19.3 Å². The fraction of sp³-hybridized carbons (Fsp3) is 1.00. The Hall–Kier alpha value is 1.12. The molecule has 0 spiro atoms. The van der Waals surface area contributed by atoms with E-state index in [1.165, 1.54) is 6.42 Å². The van der Waals surface area contributed by atoms with Crippen LogP contribution in [0.3, 0.4) is 0 Å². The zero-order valence-electron chi connectivity index (χ0n) is 21.5. The van der Waals surface area contributed by atoms with Crippen LogP contribution in [0.1, 0.15) is 19.3 Å². The predicted molar refractivity (Wildman–Crippen MR) is 148 cm³/mol. The van der Waals surface area contributed by atoms with Gasteiger partial charge in [0.15, 0.2) is 23.6 Å². The highest BCUT2D eigenvalue weighted by Crippen LogP contribution is 2.53. The van der Waals surface area contributed by atoms with Crippen LogP contribution in [-0.4, -0.2) is 115 Å². The molecule has 20 N–H and O–H groups in total. The molecule has 34 heteroatoms. The molecule has 0 aromatic carbocycles. The first-order valence-electron chi connectivity index (χ1n) is 10.0. The zero-order chi connectivity index (χ0) is 36.4. The van der Waals surface area contributed by atoms with Crippen LogP contribution in [0.4, 0.5) is 0 Å². The Bertz CT molecular complexity index is 873. The van der Waals surface area contributed by atoms with E-state index < -0.39 is 84.4 Å². The van der Waals surface area contributed by atoms with Crippen LogP contribution in [0.5, 0.6) is 0 Å². The molecule has 0 unspecified atom stereocenters. The van der Waals surface area contributed by atoms with E-state index in [0.29, 0.717) is 0 Å². The molecule has 26 nitrogen and oxygen atoms in total. The average molecular weight is 806 g/mol. The van der Waals surface area contributed by atoms with E-state index in [2.05, 4.69) is 0 Å². The maximum absolute atomic E-state index is 9.85. The Morgan fingerprint density at radius 3 is 0.442 bits per heavy atom. The molecule has 0 aliphatic carbocycles. The van der Waals surface area contributed by atoms with Crippen molar-refractivity contribution in [1.29, 1.82) is 0 Å². The normalized spacial score (nSPS) is 13.1. The van der Waals surface area contributed by atoms with E-state index in [1.54, 1.807) is 0 Å². The molecule has 0 aliphatic heterocycles. The molecular weight excluding hydrogens is 768 g/mol. The van der Waals surface area contributed by atoms with Crippen LogP contribution in [0.2, 0.25) is 0 Å². The standard InChI is InChI=1S/C5H14N2.4CH6O6P2/c6-4-2-1-3-5-7;4*2-8(3,4)1-9(5,6)7/h1-7H2;4*1H2,(H2,2,3,4)(H2,5,6,7). The first kappa shape index (κ1) is 53.6. The van der Waals surface area contributed by atoms with Crippen LogP contribution in [0.15, 0.2) is 0 Å². The molecular formula is C9H38N2O24P8. The summed E-state index contributed by atoms with van der Waals surface area (Å²) in [7, 11) is -36.4. The van der Waals surface area contributed by atoms with E-state index in [-0.39, 0.29) is 0 Å². The van der Waals surface area contributed by atoms with Crippen molar-refractivity contribution >= 4 is 60.8 Å². The highest BCUT2D eigenvalue weighted by Gasteiger charge is 2.28. The van der Waals surface area contributed by atoms with E-state index in [1.807, 2.05) is 0 Å². The number of unbranched alkanes of at least 4 members (excludes halogenated alkanes) is 2. The highest BCUT2D eigenvalue weighted by atomic mass is 31.3. The molecule has 0 radical (unpaired) electrons. The largest absolute Gasteiger partial charge is 0.337 e. The number of nitrogens with two attached hydrogens (primary N) is 2. The summed E-state index contributed by atoms with van der Waals surface area (Å²) in [6, 6.07) is 0. The number of rotatable bonds is 12. The van der Waals surface area contributed by atoms with Crippen molar-refractivity contribution in [3.63, 3.8) is 0 Å². The van der Waals surface area contributed by atoms with Crippen LogP contribution in [-0.2, 0) is 36.5 Å². The van der Waals surface area contributed by atoms with Crippen molar-refractivity contribution in [1.82, 2.24) is 0 Å². The van der Waals surface area contributed by atoms with E-state index >= 15 is 0 Å². The molecule has 0 aromatic heterocycles. The molecule has 43 heavy (non-hydrogen) atoms. The van der Waals surface area contributed by atoms with Crippen molar-refractivity contribution < 1.29 is 115 Å². The minimum atomic E-state index is -4.55. The van der Waals surface area contributed by atoms with Crippen LogP contribution in [0.25, 0.3) is 0 Å². The maximum atomic E-state index is 9.85. The topological polar surface area (TPSA) is 512 Å². The Morgan fingerprint density at radius 2 is 0.395 bits per heavy atom. The lowest BCUT2D eigenvalue weighted by Gasteiger charge is -2.03. The van der Waals surface area contributed by atoms with Gasteiger partial charge in [0.05, 0.1) is 0 Å². The summed E-state index contributed by atoms with van der Waals surface area (Å²) < 4.78 is 78.8. The third kappa shape index (κ3) is 86.0. The van der Waals surface area contributed by atoms with Gasteiger partial charge in [-0.1, -0.05) is 6.42 Å². The second-order valence-electron chi connectivity index (χ2n) is 7.52. The lowest BCUT2D eigenvalue weighted by atomic mass is 10.2. The Kier molecular flexibility index (Phi) is 28.2. The molecule has 0 atom stereocenters. The Morgan fingerprint density at radius 1 is 0.279 bits per heavy atom. The SMILES string of the molecule is NCCCCCN.O=P(O)(O)CP(=O)(O)O.O=P(O)(O)CP(=O)(O)O.O=P(O)(O)CP(=O)(O)O.O=P(O)(O)CP(=O)(O)O. The van der Waals surface area contributed by atoms with Crippen molar-refractivity contribution in [3.8, 4) is 0 Å². The summed E-state index contributed by atoms with van der Waals surface area (Å²) >= 11 is 0. The Balaban J connectivity index is -0.000000140. The molecule has 0 fully saturated rings. The summed E-state index contributed by atoms with van der Waals surface area (Å²) in [4.78, 5) is 128. The summed E-state index contributed by atoms with van der Waals surface area (Å²) in [5.41, 5.74) is 10.5. The predicted octanol–water partition coefficient (Wildman–Crippen LogP) is -2.73. The minimum absolute atomic E-state index is 0.806. The van der Waals surface area contributed by atoms with Crippen molar-refractivity contribution in [3.05, 3.63) is 0 Å². The smallest absolute Gasteiger partial charge is 0.330 e. The quantitative estimate of drug-likeness (QED) is 0.0703. The third-order valence-corrected chi connectivity index (χ3v) is 14.2. The van der Waals surface area contributed by atoms with E-state index in [9.17, 15) is 36.5 Å². The van der Waals surface area contributed by atoms with Gasteiger partial charge in [-0.2, -0.15) is 0 Å². The first-order chi connectivity index (χ1) is 18.2. The monoisotopic (exact) mass is 806 g/mol. The molecule has 0 saturated carbocycles. The van der Waals surface area contributed by atoms with Crippen molar-refractivity contribution in [2.24, 2.45) is 11.5 Å². The summed E-state index contributed by atoms with van der Waals surface area (Å²) in [5, 5.41) is 0. The number of hydrogen-bond donors (Lipinski definition) is 18. The molecule has 268 valence electrons. The summed E-state index contributed by atoms with van der Waals surface area (Å²) in [6.45, 7) is 1.61. The lowest BCUT2D eigenvalue weighted by Crippen LogP contribution is -2.02. The molecule has 0 aromatic rings. The van der Waals surface area contributed by atoms with Gasteiger partial charge < -0.3 is 89.8 Å². The van der Waals surface area contributed by atoms with E-state index in [0.717, 1.165) is 25.9 Å². The average Bonchev–Trinajstić information content (AvgIpc) is 2.51. The summed E-state index contributed by atoms with van der Waals surface area (Å²) in [5.74, 6) is -5.50.